The predicted molar refractivity (Wildman–Crippen MR) is 74.7 cm³/mol. The van der Waals surface area contributed by atoms with Gasteiger partial charge >= 0.3 is 0 Å². The molecule has 0 aliphatic rings. The molecular weight excluding hydrogens is 232 g/mol. The Bertz CT molecular complexity index is 331. The van der Waals surface area contributed by atoms with E-state index in [-0.39, 0.29) is 0 Å². The molecule has 1 rings (SSSR count). The molecule has 0 aromatic carbocycles. The molecule has 0 saturated heterocycles. The zero-order chi connectivity index (χ0) is 12.7. The van der Waals surface area contributed by atoms with Crippen LogP contribution in [0.4, 0.5) is 0 Å². The molecular formula is C14H25ClN2. The molecule has 0 aliphatic heterocycles. The molecule has 0 amide bonds. The topological polar surface area (TPSA) is 17.8 Å². The van der Waals surface area contributed by atoms with Crippen LogP contribution in [0.1, 0.15) is 63.4 Å². The van der Waals surface area contributed by atoms with Gasteiger partial charge in [-0.15, -0.1) is 11.6 Å². The average molecular weight is 257 g/mol. The minimum Gasteiger partial charge on any atom is -0.269 e. The van der Waals surface area contributed by atoms with Gasteiger partial charge in [0, 0.05) is 17.8 Å². The zero-order valence-corrected chi connectivity index (χ0v) is 12.2. The number of nitrogens with zero attached hydrogens (tertiary/aromatic N) is 2. The van der Waals surface area contributed by atoms with Gasteiger partial charge in [-0.3, -0.25) is 4.68 Å². The Morgan fingerprint density at radius 2 is 1.82 bits per heavy atom. The van der Waals surface area contributed by atoms with Crippen LogP contribution >= 0.6 is 11.6 Å². The molecule has 0 fully saturated rings. The van der Waals surface area contributed by atoms with E-state index in [1.807, 2.05) is 0 Å². The molecule has 1 aromatic heterocycles. The van der Waals surface area contributed by atoms with Crippen LogP contribution in [0.25, 0.3) is 0 Å². The fraction of sp³-hybridized carbons (Fsp3) is 0.786. The van der Waals surface area contributed by atoms with Crippen molar-refractivity contribution in [1.82, 2.24) is 9.78 Å². The molecule has 0 radical (unpaired) electrons. The lowest BCUT2D eigenvalue weighted by Gasteiger charge is -2.06. The van der Waals surface area contributed by atoms with Crippen molar-refractivity contribution in [3.8, 4) is 0 Å². The van der Waals surface area contributed by atoms with E-state index >= 15 is 0 Å². The molecule has 3 heteroatoms. The third-order valence-corrected chi connectivity index (χ3v) is 3.54. The van der Waals surface area contributed by atoms with Crippen LogP contribution in [0.2, 0.25) is 0 Å². The standard InChI is InChI=1S/C14H25ClN2/c1-4-7-8-9-10-17-14(6-3)12(11-15)13(5-2)16-17/h4-11H2,1-3H3. The normalized spacial score (nSPS) is 11.1. The summed E-state index contributed by atoms with van der Waals surface area (Å²) in [6.07, 6.45) is 7.16. The summed E-state index contributed by atoms with van der Waals surface area (Å²) in [6.45, 7) is 7.63. The van der Waals surface area contributed by atoms with Crippen LogP contribution in [0.3, 0.4) is 0 Å². The number of unbranched alkanes of at least 4 members (excludes halogenated alkanes) is 3. The summed E-state index contributed by atoms with van der Waals surface area (Å²) in [5, 5.41) is 4.70. The first-order valence-corrected chi connectivity index (χ1v) is 7.45. The number of hydrogen-bond donors (Lipinski definition) is 0. The molecule has 0 aliphatic carbocycles. The van der Waals surface area contributed by atoms with Crippen molar-refractivity contribution >= 4 is 11.6 Å². The molecule has 1 aromatic rings. The number of alkyl halides is 1. The van der Waals surface area contributed by atoms with E-state index in [0.29, 0.717) is 5.88 Å². The van der Waals surface area contributed by atoms with Gasteiger partial charge < -0.3 is 0 Å². The van der Waals surface area contributed by atoms with Gasteiger partial charge in [0.1, 0.15) is 0 Å². The van der Waals surface area contributed by atoms with Gasteiger partial charge in [-0.1, -0.05) is 40.0 Å². The SMILES string of the molecule is CCCCCCn1nc(CC)c(CCl)c1CC. The zero-order valence-electron chi connectivity index (χ0n) is 11.4. The minimum atomic E-state index is 0.599. The van der Waals surface area contributed by atoms with Crippen molar-refractivity contribution in [3.05, 3.63) is 17.0 Å². The fourth-order valence-electron chi connectivity index (χ4n) is 2.30. The maximum Gasteiger partial charge on any atom is 0.0668 e. The summed E-state index contributed by atoms with van der Waals surface area (Å²) in [5.74, 6) is 0.599. The molecule has 98 valence electrons. The van der Waals surface area contributed by atoms with Crippen LogP contribution in [0, 0.1) is 0 Å². The van der Waals surface area contributed by atoms with E-state index < -0.39 is 0 Å². The van der Waals surface area contributed by atoms with Crippen molar-refractivity contribution in [2.75, 3.05) is 0 Å². The largest absolute Gasteiger partial charge is 0.269 e. The van der Waals surface area contributed by atoms with Gasteiger partial charge in [-0.05, 0) is 19.3 Å². The Kier molecular flexibility index (Phi) is 6.64. The van der Waals surface area contributed by atoms with Crippen LogP contribution in [0.5, 0.6) is 0 Å². The third-order valence-electron chi connectivity index (χ3n) is 3.28. The Morgan fingerprint density at radius 1 is 1.06 bits per heavy atom. The second-order valence-corrected chi connectivity index (χ2v) is 4.76. The highest BCUT2D eigenvalue weighted by atomic mass is 35.5. The number of aryl methyl sites for hydroxylation is 2. The lowest BCUT2D eigenvalue weighted by atomic mass is 10.1. The first-order valence-electron chi connectivity index (χ1n) is 6.91. The summed E-state index contributed by atoms with van der Waals surface area (Å²) in [7, 11) is 0. The smallest absolute Gasteiger partial charge is 0.0668 e. The Balaban J connectivity index is 2.73. The number of hydrogen-bond acceptors (Lipinski definition) is 1. The monoisotopic (exact) mass is 256 g/mol. The maximum atomic E-state index is 6.04. The van der Waals surface area contributed by atoms with Crippen LogP contribution in [0.15, 0.2) is 0 Å². The molecule has 0 saturated carbocycles. The van der Waals surface area contributed by atoms with Crippen LogP contribution < -0.4 is 0 Å². The quantitative estimate of drug-likeness (QED) is 0.500. The molecule has 1 heterocycles. The van der Waals surface area contributed by atoms with Gasteiger partial charge in [0.2, 0.25) is 0 Å². The molecule has 0 atom stereocenters. The highest BCUT2D eigenvalue weighted by Gasteiger charge is 2.13. The van der Waals surface area contributed by atoms with E-state index in [2.05, 4.69) is 25.5 Å². The summed E-state index contributed by atoms with van der Waals surface area (Å²) in [6, 6.07) is 0. The van der Waals surface area contributed by atoms with Crippen LogP contribution in [-0.2, 0) is 25.3 Å². The molecule has 17 heavy (non-hydrogen) atoms. The third kappa shape index (κ3) is 3.74. The highest BCUT2D eigenvalue weighted by Crippen LogP contribution is 2.19. The molecule has 0 spiro atoms. The second-order valence-electron chi connectivity index (χ2n) is 4.50. The first-order chi connectivity index (χ1) is 8.28. The molecule has 0 N–H and O–H groups in total. The summed E-state index contributed by atoms with van der Waals surface area (Å²) < 4.78 is 2.19. The second kappa shape index (κ2) is 7.75. The summed E-state index contributed by atoms with van der Waals surface area (Å²) in [5.41, 5.74) is 3.80. The van der Waals surface area contributed by atoms with E-state index in [1.165, 1.54) is 42.6 Å². The van der Waals surface area contributed by atoms with Crippen molar-refractivity contribution in [1.29, 1.82) is 0 Å². The van der Waals surface area contributed by atoms with Crippen molar-refractivity contribution in [3.63, 3.8) is 0 Å². The van der Waals surface area contributed by atoms with Gasteiger partial charge in [0.25, 0.3) is 0 Å². The van der Waals surface area contributed by atoms with E-state index in [0.717, 1.165) is 19.4 Å². The fourth-order valence-corrected chi connectivity index (χ4v) is 2.60. The van der Waals surface area contributed by atoms with Gasteiger partial charge in [-0.2, -0.15) is 5.10 Å². The van der Waals surface area contributed by atoms with Crippen molar-refractivity contribution < 1.29 is 0 Å². The summed E-state index contributed by atoms with van der Waals surface area (Å²) >= 11 is 6.04. The van der Waals surface area contributed by atoms with Gasteiger partial charge in [-0.25, -0.2) is 0 Å². The highest BCUT2D eigenvalue weighted by molar-refractivity contribution is 6.17. The Labute approximate surface area is 110 Å². The minimum absolute atomic E-state index is 0.599. The number of aromatic nitrogens is 2. The lowest BCUT2D eigenvalue weighted by Crippen LogP contribution is -2.05. The number of halogens is 1. The Morgan fingerprint density at radius 3 is 2.35 bits per heavy atom. The van der Waals surface area contributed by atoms with Gasteiger partial charge in [0.05, 0.1) is 11.6 Å². The van der Waals surface area contributed by atoms with Gasteiger partial charge in [0.15, 0.2) is 0 Å². The van der Waals surface area contributed by atoms with E-state index in [9.17, 15) is 0 Å². The van der Waals surface area contributed by atoms with Crippen molar-refractivity contribution in [2.45, 2.75) is 71.7 Å². The summed E-state index contributed by atoms with van der Waals surface area (Å²) in [4.78, 5) is 0. The lowest BCUT2D eigenvalue weighted by molar-refractivity contribution is 0.522. The predicted octanol–water partition coefficient (Wildman–Crippen LogP) is 4.33. The Hall–Kier alpha value is -0.500. The maximum absolute atomic E-state index is 6.04. The first kappa shape index (κ1) is 14.6. The van der Waals surface area contributed by atoms with Crippen molar-refractivity contribution in [2.24, 2.45) is 0 Å². The van der Waals surface area contributed by atoms with E-state index in [4.69, 9.17) is 16.7 Å². The molecule has 0 bridgehead atoms. The van der Waals surface area contributed by atoms with E-state index in [1.54, 1.807) is 0 Å². The average Bonchev–Trinajstić information content (AvgIpc) is 2.71. The number of rotatable bonds is 8. The van der Waals surface area contributed by atoms with Crippen LogP contribution in [-0.4, -0.2) is 9.78 Å². The molecule has 0 unspecified atom stereocenters. The molecule has 2 nitrogen and oxygen atoms in total.